The highest BCUT2D eigenvalue weighted by atomic mass is 32.2. The van der Waals surface area contributed by atoms with Gasteiger partial charge in [0.05, 0.1) is 0 Å². The second kappa shape index (κ2) is 9.23. The molecule has 1 N–H and O–H groups in total. The maximum atomic E-state index is 12.9. The molecule has 0 aliphatic carbocycles. The number of carbonyl (C=O) groups is 1. The summed E-state index contributed by atoms with van der Waals surface area (Å²) in [7, 11) is 0. The smallest absolute Gasteiger partial charge is 0.227 e. The third-order valence-corrected chi connectivity index (χ3v) is 6.98. The van der Waals surface area contributed by atoms with E-state index in [1.165, 1.54) is 17.1 Å². The van der Waals surface area contributed by atoms with E-state index in [-0.39, 0.29) is 11.8 Å². The predicted molar refractivity (Wildman–Crippen MR) is 123 cm³/mol. The van der Waals surface area contributed by atoms with Crippen LogP contribution < -0.4 is 10.2 Å². The van der Waals surface area contributed by atoms with Crippen molar-refractivity contribution < 1.29 is 4.79 Å². The highest BCUT2D eigenvalue weighted by Crippen LogP contribution is 2.24. The molecule has 4 heterocycles. The van der Waals surface area contributed by atoms with E-state index in [0.717, 1.165) is 62.7 Å². The zero-order valence-electron chi connectivity index (χ0n) is 17.5. The lowest BCUT2D eigenvalue weighted by molar-refractivity contribution is -0.120. The standard InChI is InChI=1S/C22H27N7OS/c30-22(24-19-3-1-2-17(14-19)15-27-10-12-31-13-11-27)18-6-8-28(9-7-18)21-5-4-20-25-23-16-29(20)26-21/h1-5,14,16,18H,6-13,15H2,(H,24,30). The Kier molecular flexibility index (Phi) is 6.04. The van der Waals surface area contributed by atoms with Crippen LogP contribution in [0, 0.1) is 5.92 Å². The molecule has 2 aliphatic heterocycles. The highest BCUT2D eigenvalue weighted by molar-refractivity contribution is 7.99. The summed E-state index contributed by atoms with van der Waals surface area (Å²) in [6.45, 7) is 4.85. The van der Waals surface area contributed by atoms with Crippen molar-refractivity contribution in [3.05, 3.63) is 48.3 Å². The van der Waals surface area contributed by atoms with Crippen LogP contribution in [0.5, 0.6) is 0 Å². The quantitative estimate of drug-likeness (QED) is 0.657. The fourth-order valence-corrected chi connectivity index (χ4v) is 5.25. The van der Waals surface area contributed by atoms with Crippen molar-refractivity contribution >= 4 is 34.8 Å². The number of benzene rings is 1. The number of hydrogen-bond donors (Lipinski definition) is 1. The Morgan fingerprint density at radius 2 is 1.94 bits per heavy atom. The van der Waals surface area contributed by atoms with Crippen LogP contribution in [0.1, 0.15) is 18.4 Å². The fourth-order valence-electron chi connectivity index (χ4n) is 4.27. The van der Waals surface area contributed by atoms with Gasteiger partial charge < -0.3 is 10.2 Å². The first-order valence-corrected chi connectivity index (χ1v) is 12.0. The second-order valence-corrected chi connectivity index (χ2v) is 9.39. The largest absolute Gasteiger partial charge is 0.355 e. The Morgan fingerprint density at radius 1 is 1.10 bits per heavy atom. The van der Waals surface area contributed by atoms with Crippen LogP contribution in [-0.4, -0.2) is 68.3 Å². The molecule has 0 atom stereocenters. The molecule has 0 radical (unpaired) electrons. The number of nitrogens with zero attached hydrogens (tertiary/aromatic N) is 6. The molecule has 0 saturated carbocycles. The van der Waals surface area contributed by atoms with Gasteiger partial charge >= 0.3 is 0 Å². The molecule has 2 saturated heterocycles. The van der Waals surface area contributed by atoms with Gasteiger partial charge in [0.15, 0.2) is 5.65 Å². The topological polar surface area (TPSA) is 78.7 Å². The van der Waals surface area contributed by atoms with E-state index >= 15 is 0 Å². The average molecular weight is 438 g/mol. The van der Waals surface area contributed by atoms with Gasteiger partial charge in [0.25, 0.3) is 0 Å². The van der Waals surface area contributed by atoms with Crippen molar-refractivity contribution in [2.75, 3.05) is 47.9 Å². The molecule has 2 fully saturated rings. The van der Waals surface area contributed by atoms with E-state index in [1.807, 2.05) is 36.0 Å². The van der Waals surface area contributed by atoms with E-state index in [1.54, 1.807) is 10.8 Å². The minimum absolute atomic E-state index is 0.0256. The first-order valence-electron chi connectivity index (χ1n) is 10.9. The summed E-state index contributed by atoms with van der Waals surface area (Å²) in [5.41, 5.74) is 2.89. The molecule has 31 heavy (non-hydrogen) atoms. The number of thioether (sulfide) groups is 1. The third kappa shape index (κ3) is 4.83. The molecule has 3 aromatic rings. The summed E-state index contributed by atoms with van der Waals surface area (Å²) in [6.07, 6.45) is 3.25. The maximum Gasteiger partial charge on any atom is 0.227 e. The Hall–Kier alpha value is -2.65. The average Bonchev–Trinajstić information content (AvgIpc) is 3.28. The zero-order valence-corrected chi connectivity index (χ0v) is 18.3. The molecule has 1 amide bonds. The molecule has 8 nitrogen and oxygen atoms in total. The van der Waals surface area contributed by atoms with E-state index in [4.69, 9.17) is 0 Å². The van der Waals surface area contributed by atoms with E-state index in [9.17, 15) is 4.79 Å². The van der Waals surface area contributed by atoms with Gasteiger partial charge in [0.2, 0.25) is 5.91 Å². The molecule has 1 aromatic carbocycles. The Morgan fingerprint density at radius 3 is 2.77 bits per heavy atom. The van der Waals surface area contributed by atoms with E-state index < -0.39 is 0 Å². The van der Waals surface area contributed by atoms with Crippen LogP contribution in [0.2, 0.25) is 0 Å². The maximum absolute atomic E-state index is 12.9. The fraction of sp³-hybridized carbons (Fsp3) is 0.455. The van der Waals surface area contributed by atoms with Crippen molar-refractivity contribution in [1.82, 2.24) is 24.7 Å². The Labute approximate surface area is 186 Å². The van der Waals surface area contributed by atoms with Crippen LogP contribution >= 0.6 is 11.8 Å². The van der Waals surface area contributed by atoms with Gasteiger partial charge in [-0.25, -0.2) is 0 Å². The molecule has 0 spiro atoms. The molecule has 9 heteroatoms. The monoisotopic (exact) mass is 437 g/mol. The van der Waals surface area contributed by atoms with Crippen LogP contribution in [0.25, 0.3) is 5.65 Å². The van der Waals surface area contributed by atoms with Crippen molar-refractivity contribution in [2.45, 2.75) is 19.4 Å². The minimum atomic E-state index is 0.0256. The molecular weight excluding hydrogens is 410 g/mol. The first-order chi connectivity index (χ1) is 15.2. The third-order valence-electron chi connectivity index (χ3n) is 6.04. The van der Waals surface area contributed by atoms with Gasteiger partial charge in [-0.3, -0.25) is 9.69 Å². The van der Waals surface area contributed by atoms with Crippen molar-refractivity contribution in [3.8, 4) is 0 Å². The number of aromatic nitrogens is 4. The zero-order chi connectivity index (χ0) is 21.0. The van der Waals surface area contributed by atoms with Crippen LogP contribution in [0.3, 0.4) is 0 Å². The number of amides is 1. The molecule has 2 aliphatic rings. The molecule has 0 bridgehead atoms. The van der Waals surface area contributed by atoms with Gasteiger partial charge in [-0.05, 0) is 42.7 Å². The molecule has 5 rings (SSSR count). The van der Waals surface area contributed by atoms with Crippen molar-refractivity contribution in [2.24, 2.45) is 5.92 Å². The van der Waals surface area contributed by atoms with Crippen molar-refractivity contribution in [1.29, 1.82) is 0 Å². The predicted octanol–water partition coefficient (Wildman–Crippen LogP) is 2.53. The summed E-state index contributed by atoms with van der Waals surface area (Å²) in [5.74, 6) is 3.45. The van der Waals surface area contributed by atoms with Crippen molar-refractivity contribution in [3.63, 3.8) is 0 Å². The summed E-state index contributed by atoms with van der Waals surface area (Å²) >= 11 is 2.02. The number of rotatable bonds is 5. The highest BCUT2D eigenvalue weighted by Gasteiger charge is 2.26. The minimum Gasteiger partial charge on any atom is -0.355 e. The SMILES string of the molecule is O=C(Nc1cccc(CN2CCSCC2)c1)C1CCN(c2ccc3nncn3n2)CC1. The number of nitrogens with one attached hydrogen (secondary N) is 1. The van der Waals surface area contributed by atoms with E-state index in [0.29, 0.717) is 0 Å². The summed E-state index contributed by atoms with van der Waals surface area (Å²) in [6, 6.07) is 12.2. The number of hydrogen-bond acceptors (Lipinski definition) is 7. The van der Waals surface area contributed by atoms with Crippen LogP contribution in [-0.2, 0) is 11.3 Å². The van der Waals surface area contributed by atoms with Gasteiger partial charge in [-0.1, -0.05) is 12.1 Å². The van der Waals surface area contributed by atoms with E-state index in [2.05, 4.69) is 42.5 Å². The van der Waals surface area contributed by atoms with Crippen LogP contribution in [0.4, 0.5) is 11.5 Å². The lowest BCUT2D eigenvalue weighted by Gasteiger charge is -2.32. The number of fused-ring (bicyclic) bond motifs is 1. The summed E-state index contributed by atoms with van der Waals surface area (Å²) in [4.78, 5) is 17.6. The Bertz CT molecular complexity index is 1040. The molecule has 2 aromatic heterocycles. The Balaban J connectivity index is 1.15. The molecule has 0 unspecified atom stereocenters. The van der Waals surface area contributed by atoms with Gasteiger partial charge in [0, 0.05) is 55.8 Å². The lowest BCUT2D eigenvalue weighted by atomic mass is 9.95. The van der Waals surface area contributed by atoms with Gasteiger partial charge in [-0.2, -0.15) is 16.3 Å². The number of carbonyl (C=O) groups excluding carboxylic acids is 1. The first kappa shape index (κ1) is 20.3. The summed E-state index contributed by atoms with van der Waals surface area (Å²) < 4.78 is 1.68. The van der Waals surface area contributed by atoms with Gasteiger partial charge in [-0.15, -0.1) is 15.3 Å². The molecule has 162 valence electrons. The summed E-state index contributed by atoms with van der Waals surface area (Å²) in [5, 5.41) is 15.6. The van der Waals surface area contributed by atoms with Gasteiger partial charge in [0.1, 0.15) is 12.1 Å². The normalized spacial score (nSPS) is 18.4. The molecular formula is C22H27N7OS. The second-order valence-electron chi connectivity index (χ2n) is 8.16. The number of piperidine rings is 1. The lowest BCUT2D eigenvalue weighted by Crippen LogP contribution is -2.38. The number of anilines is 2. The van der Waals surface area contributed by atoms with Crippen LogP contribution in [0.15, 0.2) is 42.7 Å².